The maximum atomic E-state index is 11.2. The van der Waals surface area contributed by atoms with Crippen molar-refractivity contribution in [2.24, 2.45) is 5.92 Å². The lowest BCUT2D eigenvalue weighted by Gasteiger charge is -2.43. The Bertz CT molecular complexity index is 409. The van der Waals surface area contributed by atoms with Crippen LogP contribution in [0.25, 0.3) is 0 Å². The van der Waals surface area contributed by atoms with Crippen molar-refractivity contribution >= 4 is 17.8 Å². The second-order valence-corrected chi connectivity index (χ2v) is 5.03. The maximum Gasteiger partial charge on any atom is 0.303 e. The number of aliphatic hydroxyl groups excluding tert-OH is 1. The molecule has 1 amide bonds. The summed E-state index contributed by atoms with van der Waals surface area (Å²) < 4.78 is 15.4. The quantitative estimate of drug-likeness (QED) is 0.663. The van der Waals surface area contributed by atoms with Crippen molar-refractivity contribution < 1.29 is 33.7 Å². The van der Waals surface area contributed by atoms with E-state index >= 15 is 0 Å². The van der Waals surface area contributed by atoms with E-state index in [-0.39, 0.29) is 12.5 Å². The van der Waals surface area contributed by atoms with Gasteiger partial charge in [0.25, 0.3) is 0 Å². The normalized spacial score (nSPS) is 32.1. The molecule has 1 aliphatic heterocycles. The van der Waals surface area contributed by atoms with Crippen LogP contribution in [0, 0.1) is 5.92 Å². The molecule has 1 aliphatic rings. The number of hydrogen-bond acceptors (Lipinski definition) is 7. The van der Waals surface area contributed by atoms with E-state index in [1.807, 2.05) is 0 Å². The zero-order valence-electron chi connectivity index (χ0n) is 12.5. The van der Waals surface area contributed by atoms with Crippen molar-refractivity contribution in [1.82, 2.24) is 5.32 Å². The molecule has 8 nitrogen and oxygen atoms in total. The third kappa shape index (κ3) is 4.98. The number of carbonyl (C=O) groups is 3. The highest BCUT2D eigenvalue weighted by Gasteiger charge is 2.45. The second-order valence-electron chi connectivity index (χ2n) is 5.03. The van der Waals surface area contributed by atoms with Gasteiger partial charge >= 0.3 is 11.9 Å². The lowest BCUT2D eigenvalue weighted by atomic mass is 9.88. The molecule has 2 unspecified atom stereocenters. The SMILES string of the molecule is CC(=O)NC1[C@H](O)OC(COC(C)=O)[C@H](OC(C)=O)[C@@H]1C. The van der Waals surface area contributed by atoms with E-state index in [0.29, 0.717) is 0 Å². The molecule has 2 N–H and O–H groups in total. The van der Waals surface area contributed by atoms with Crippen LogP contribution in [0.3, 0.4) is 0 Å². The van der Waals surface area contributed by atoms with Gasteiger partial charge in [-0.25, -0.2) is 0 Å². The lowest BCUT2D eigenvalue weighted by Crippen LogP contribution is -2.61. The average Bonchev–Trinajstić information content (AvgIpc) is 2.35. The van der Waals surface area contributed by atoms with Gasteiger partial charge in [0.1, 0.15) is 18.8 Å². The van der Waals surface area contributed by atoms with Crippen LogP contribution in [-0.2, 0) is 28.6 Å². The molecule has 1 fully saturated rings. The molecule has 0 aliphatic carbocycles. The van der Waals surface area contributed by atoms with Crippen LogP contribution in [0.5, 0.6) is 0 Å². The monoisotopic (exact) mass is 303 g/mol. The van der Waals surface area contributed by atoms with E-state index < -0.39 is 42.4 Å². The molecule has 5 atom stereocenters. The number of carbonyl (C=O) groups excluding carboxylic acids is 3. The van der Waals surface area contributed by atoms with Crippen LogP contribution in [-0.4, -0.2) is 54.1 Å². The Morgan fingerprint density at radius 1 is 1.19 bits per heavy atom. The summed E-state index contributed by atoms with van der Waals surface area (Å²) in [4.78, 5) is 33.3. The first-order valence-electron chi connectivity index (χ1n) is 6.63. The smallest absolute Gasteiger partial charge is 0.303 e. The molecule has 8 heteroatoms. The Kier molecular flexibility index (Phi) is 6.10. The van der Waals surface area contributed by atoms with E-state index in [2.05, 4.69) is 5.32 Å². The van der Waals surface area contributed by atoms with Crippen molar-refractivity contribution in [1.29, 1.82) is 0 Å². The minimum Gasteiger partial charge on any atom is -0.463 e. The Balaban J connectivity index is 2.86. The van der Waals surface area contributed by atoms with E-state index in [4.69, 9.17) is 14.2 Å². The number of ether oxygens (including phenoxy) is 3. The van der Waals surface area contributed by atoms with Gasteiger partial charge in [-0.1, -0.05) is 6.92 Å². The number of amides is 1. The average molecular weight is 303 g/mol. The van der Waals surface area contributed by atoms with Gasteiger partial charge in [0.05, 0.1) is 6.04 Å². The molecule has 0 bridgehead atoms. The first-order valence-corrected chi connectivity index (χ1v) is 6.63. The molecule has 1 saturated heterocycles. The Morgan fingerprint density at radius 2 is 1.81 bits per heavy atom. The highest BCUT2D eigenvalue weighted by Crippen LogP contribution is 2.28. The number of hydrogen-bond donors (Lipinski definition) is 2. The molecule has 1 rings (SSSR count). The highest BCUT2D eigenvalue weighted by atomic mass is 16.7. The number of esters is 2. The summed E-state index contributed by atoms with van der Waals surface area (Å²) >= 11 is 0. The van der Waals surface area contributed by atoms with E-state index in [0.717, 1.165) is 0 Å². The third-order valence-electron chi connectivity index (χ3n) is 3.20. The van der Waals surface area contributed by atoms with Gasteiger partial charge in [0, 0.05) is 26.7 Å². The van der Waals surface area contributed by atoms with Gasteiger partial charge in [0.15, 0.2) is 6.29 Å². The summed E-state index contributed by atoms with van der Waals surface area (Å²) in [5.41, 5.74) is 0. The predicted octanol–water partition coefficient (Wildman–Crippen LogP) is -0.661. The zero-order valence-corrected chi connectivity index (χ0v) is 12.5. The Morgan fingerprint density at radius 3 is 2.29 bits per heavy atom. The van der Waals surface area contributed by atoms with Crippen molar-refractivity contribution in [2.45, 2.75) is 52.2 Å². The van der Waals surface area contributed by atoms with Gasteiger partial charge in [-0.2, -0.15) is 0 Å². The van der Waals surface area contributed by atoms with Crippen LogP contribution in [0.2, 0.25) is 0 Å². The van der Waals surface area contributed by atoms with E-state index in [1.165, 1.54) is 20.8 Å². The minimum atomic E-state index is -1.28. The summed E-state index contributed by atoms with van der Waals surface area (Å²) in [7, 11) is 0. The minimum absolute atomic E-state index is 0.151. The van der Waals surface area contributed by atoms with Gasteiger partial charge in [-0.15, -0.1) is 0 Å². The zero-order chi connectivity index (χ0) is 16.2. The summed E-state index contributed by atoms with van der Waals surface area (Å²) in [6.45, 7) is 5.35. The molecular weight excluding hydrogens is 282 g/mol. The second kappa shape index (κ2) is 7.37. The third-order valence-corrected chi connectivity index (χ3v) is 3.20. The van der Waals surface area contributed by atoms with Crippen molar-refractivity contribution in [3.8, 4) is 0 Å². The molecule has 120 valence electrons. The first kappa shape index (κ1) is 17.4. The molecule has 0 aromatic carbocycles. The number of rotatable bonds is 4. The molecule has 1 heterocycles. The van der Waals surface area contributed by atoms with E-state index in [9.17, 15) is 19.5 Å². The first-order chi connectivity index (χ1) is 9.72. The van der Waals surface area contributed by atoms with Crippen molar-refractivity contribution in [3.63, 3.8) is 0 Å². The van der Waals surface area contributed by atoms with Crippen LogP contribution in [0.4, 0.5) is 0 Å². The maximum absolute atomic E-state index is 11.2. The van der Waals surface area contributed by atoms with Crippen molar-refractivity contribution in [3.05, 3.63) is 0 Å². The Labute approximate surface area is 122 Å². The summed E-state index contributed by atoms with van der Waals surface area (Å²) in [5, 5.41) is 12.5. The fourth-order valence-corrected chi connectivity index (χ4v) is 2.29. The van der Waals surface area contributed by atoms with Gasteiger partial charge in [0.2, 0.25) is 5.91 Å². The fraction of sp³-hybridized carbons (Fsp3) is 0.769. The predicted molar refractivity (Wildman–Crippen MR) is 69.8 cm³/mol. The van der Waals surface area contributed by atoms with Crippen LogP contribution in [0.15, 0.2) is 0 Å². The summed E-state index contributed by atoms with van der Waals surface area (Å²) in [6, 6.07) is -0.722. The molecule has 0 aromatic heterocycles. The van der Waals surface area contributed by atoms with Crippen LogP contribution >= 0.6 is 0 Å². The highest BCUT2D eigenvalue weighted by molar-refractivity contribution is 5.73. The lowest BCUT2D eigenvalue weighted by molar-refractivity contribution is -0.246. The van der Waals surface area contributed by atoms with Crippen molar-refractivity contribution in [2.75, 3.05) is 6.61 Å². The standard InChI is InChI=1S/C13H21NO7/c1-6-11(14-7(2)15)13(18)21-10(5-19-8(3)16)12(6)20-9(4)17/h6,10-13,18H,5H2,1-4H3,(H,14,15)/t6-,10?,11?,12-,13-/m1/s1. The van der Waals surface area contributed by atoms with Gasteiger partial charge in [-0.3, -0.25) is 14.4 Å². The summed E-state index contributed by atoms with van der Waals surface area (Å²) in [6.07, 6.45) is -2.83. The molecular formula is C13H21NO7. The van der Waals surface area contributed by atoms with Gasteiger partial charge < -0.3 is 24.6 Å². The van der Waals surface area contributed by atoms with Gasteiger partial charge in [-0.05, 0) is 0 Å². The van der Waals surface area contributed by atoms with Crippen LogP contribution in [0.1, 0.15) is 27.7 Å². The van der Waals surface area contributed by atoms with Crippen LogP contribution < -0.4 is 5.32 Å². The molecule has 0 spiro atoms. The molecule has 0 saturated carbocycles. The molecule has 0 aromatic rings. The molecule has 21 heavy (non-hydrogen) atoms. The largest absolute Gasteiger partial charge is 0.463 e. The van der Waals surface area contributed by atoms with E-state index in [1.54, 1.807) is 6.92 Å². The fourth-order valence-electron chi connectivity index (χ4n) is 2.29. The summed E-state index contributed by atoms with van der Waals surface area (Å²) in [5.74, 6) is -1.79. The Hall–Kier alpha value is -1.67. The molecule has 0 radical (unpaired) electrons. The number of aliphatic hydroxyl groups is 1. The topological polar surface area (TPSA) is 111 Å². The number of nitrogens with one attached hydrogen (secondary N) is 1.